The van der Waals surface area contributed by atoms with E-state index < -0.39 is 30.1 Å². The van der Waals surface area contributed by atoms with Crippen LogP contribution in [0.15, 0.2) is 11.8 Å². The average molecular weight is 295 g/mol. The van der Waals surface area contributed by atoms with E-state index in [2.05, 4.69) is 10.1 Å². The van der Waals surface area contributed by atoms with Gasteiger partial charge in [0.1, 0.15) is 0 Å². The third kappa shape index (κ3) is 8.95. The summed E-state index contributed by atoms with van der Waals surface area (Å²) < 4.78 is 9.45. The van der Waals surface area contributed by atoms with Gasteiger partial charge in [0.2, 0.25) is 0 Å². The van der Waals surface area contributed by atoms with Gasteiger partial charge in [-0.25, -0.2) is 9.59 Å². The summed E-state index contributed by atoms with van der Waals surface area (Å²) in [4.78, 5) is 33.1. The Kier molecular flexibility index (Phi) is 11.4. The molecule has 0 saturated carbocycles. The number of aliphatic carboxylic acids is 1. The normalized spacial score (nSPS) is 13.5. The third-order valence-electron chi connectivity index (χ3n) is 2.04. The van der Waals surface area contributed by atoms with Crippen LogP contribution in [0, 0.1) is 0 Å². The van der Waals surface area contributed by atoms with Gasteiger partial charge in [0.05, 0.1) is 18.6 Å². The second-order valence-electron chi connectivity index (χ2n) is 3.84. The standard InChI is InChI=1S/C12H19NO6.Na/c1-5-18-12(17)9(4)19-10(14)6-7(2)13-8(3)11(15)16;/h6,8-9,13H,5H2,1-4H3,(H,15,16);/q;+1/p-1. The number of hydrogen-bond acceptors (Lipinski definition) is 7. The molecule has 0 aliphatic rings. The van der Waals surface area contributed by atoms with E-state index in [9.17, 15) is 19.5 Å². The van der Waals surface area contributed by atoms with E-state index in [1.807, 2.05) is 0 Å². The SMILES string of the molecule is CCOC(=O)C(C)OC(=O)C=C(C)NC(C)C(=O)[O-].[Na+]. The molecule has 0 aromatic heterocycles. The molecule has 20 heavy (non-hydrogen) atoms. The van der Waals surface area contributed by atoms with Crippen LogP contribution in [-0.4, -0.2) is 36.7 Å². The average Bonchev–Trinajstić information content (AvgIpc) is 2.28. The van der Waals surface area contributed by atoms with Gasteiger partial charge in [-0.2, -0.15) is 0 Å². The molecule has 0 fully saturated rings. The summed E-state index contributed by atoms with van der Waals surface area (Å²) in [6.45, 7) is 6.09. The van der Waals surface area contributed by atoms with Gasteiger partial charge in [-0.05, 0) is 27.7 Å². The van der Waals surface area contributed by atoms with Gasteiger partial charge in [0.15, 0.2) is 6.10 Å². The van der Waals surface area contributed by atoms with Crippen LogP contribution in [0.3, 0.4) is 0 Å². The smallest absolute Gasteiger partial charge is 0.548 e. The van der Waals surface area contributed by atoms with Crippen molar-refractivity contribution >= 4 is 17.9 Å². The van der Waals surface area contributed by atoms with Crippen molar-refractivity contribution in [2.24, 2.45) is 0 Å². The number of nitrogens with one attached hydrogen (secondary N) is 1. The molecule has 0 spiro atoms. The van der Waals surface area contributed by atoms with Crippen LogP contribution in [0.1, 0.15) is 27.7 Å². The molecule has 0 aliphatic heterocycles. The Morgan fingerprint density at radius 3 is 2.30 bits per heavy atom. The van der Waals surface area contributed by atoms with Crippen molar-refractivity contribution < 1.29 is 58.5 Å². The van der Waals surface area contributed by atoms with Crippen molar-refractivity contribution in [2.75, 3.05) is 6.61 Å². The molecular formula is C12H18NNaO6. The molecule has 0 bridgehead atoms. The number of esters is 2. The molecule has 7 nitrogen and oxygen atoms in total. The summed E-state index contributed by atoms with van der Waals surface area (Å²) in [5.41, 5.74) is 0.290. The van der Waals surface area contributed by atoms with Crippen molar-refractivity contribution in [2.45, 2.75) is 39.8 Å². The molecule has 0 heterocycles. The monoisotopic (exact) mass is 295 g/mol. The van der Waals surface area contributed by atoms with Crippen LogP contribution in [0.2, 0.25) is 0 Å². The molecule has 0 radical (unpaired) electrons. The first kappa shape index (κ1) is 21.3. The number of hydrogen-bond donors (Lipinski definition) is 1. The van der Waals surface area contributed by atoms with E-state index >= 15 is 0 Å². The Labute approximate surface area is 140 Å². The second-order valence-corrected chi connectivity index (χ2v) is 3.84. The fraction of sp³-hybridized carbons (Fsp3) is 0.583. The van der Waals surface area contributed by atoms with E-state index in [0.717, 1.165) is 6.08 Å². The quantitative estimate of drug-likeness (QED) is 0.291. The molecule has 108 valence electrons. The number of ether oxygens (including phenoxy) is 2. The van der Waals surface area contributed by atoms with Crippen LogP contribution >= 0.6 is 0 Å². The van der Waals surface area contributed by atoms with Gasteiger partial charge in [-0.3, -0.25) is 0 Å². The number of carbonyl (C=O) groups excluding carboxylic acids is 3. The summed E-state index contributed by atoms with van der Waals surface area (Å²) in [7, 11) is 0. The molecule has 1 N–H and O–H groups in total. The summed E-state index contributed by atoms with van der Waals surface area (Å²) in [5.74, 6) is -2.70. The molecule has 8 heteroatoms. The van der Waals surface area contributed by atoms with Crippen molar-refractivity contribution in [3.8, 4) is 0 Å². The summed E-state index contributed by atoms with van der Waals surface area (Å²) in [6.07, 6.45) is 0.0323. The Balaban J connectivity index is 0. The van der Waals surface area contributed by atoms with Crippen LogP contribution < -0.4 is 40.0 Å². The predicted molar refractivity (Wildman–Crippen MR) is 63.5 cm³/mol. The van der Waals surface area contributed by atoms with Crippen molar-refractivity contribution in [3.63, 3.8) is 0 Å². The van der Waals surface area contributed by atoms with Gasteiger partial charge in [-0.1, -0.05) is 0 Å². The van der Waals surface area contributed by atoms with Gasteiger partial charge in [0, 0.05) is 11.8 Å². The fourth-order valence-corrected chi connectivity index (χ4v) is 1.13. The van der Waals surface area contributed by atoms with Crippen molar-refractivity contribution in [1.82, 2.24) is 5.32 Å². The first-order valence-corrected chi connectivity index (χ1v) is 5.80. The Hall–Kier alpha value is -1.05. The summed E-state index contributed by atoms with van der Waals surface area (Å²) in [6, 6.07) is -0.938. The molecule has 0 aromatic rings. The van der Waals surface area contributed by atoms with Crippen LogP contribution in [0.25, 0.3) is 0 Å². The second kappa shape index (κ2) is 10.7. The molecule has 2 unspecified atom stereocenters. The zero-order valence-corrected chi connectivity index (χ0v) is 14.4. The molecule has 2 atom stereocenters. The first-order chi connectivity index (χ1) is 8.77. The molecule has 0 aromatic carbocycles. The zero-order chi connectivity index (χ0) is 15.0. The maximum atomic E-state index is 11.4. The van der Waals surface area contributed by atoms with Crippen molar-refractivity contribution in [3.05, 3.63) is 11.8 Å². The minimum atomic E-state index is -1.29. The number of allylic oxidation sites excluding steroid dienone is 1. The topological polar surface area (TPSA) is 105 Å². The minimum absolute atomic E-state index is 0. The minimum Gasteiger partial charge on any atom is -0.548 e. The number of carboxylic acid groups (broad SMARTS) is 1. The first-order valence-electron chi connectivity index (χ1n) is 5.80. The van der Waals surface area contributed by atoms with E-state index in [4.69, 9.17) is 4.74 Å². The van der Waals surface area contributed by atoms with Gasteiger partial charge in [0.25, 0.3) is 0 Å². The van der Waals surface area contributed by atoms with E-state index in [0.29, 0.717) is 0 Å². The zero-order valence-electron chi connectivity index (χ0n) is 12.4. The third-order valence-corrected chi connectivity index (χ3v) is 2.04. The summed E-state index contributed by atoms with van der Waals surface area (Å²) >= 11 is 0. The number of carbonyl (C=O) groups is 3. The Morgan fingerprint density at radius 1 is 1.30 bits per heavy atom. The van der Waals surface area contributed by atoms with Crippen LogP contribution in [0.4, 0.5) is 0 Å². The molecule has 0 saturated heterocycles. The Bertz CT molecular complexity index is 382. The molecular weight excluding hydrogens is 277 g/mol. The van der Waals surface area contributed by atoms with E-state index in [1.165, 1.54) is 20.8 Å². The van der Waals surface area contributed by atoms with Gasteiger partial charge in [-0.15, -0.1) is 0 Å². The fourth-order valence-electron chi connectivity index (χ4n) is 1.13. The summed E-state index contributed by atoms with van der Waals surface area (Å²) in [5, 5.41) is 13.0. The van der Waals surface area contributed by atoms with Gasteiger partial charge >= 0.3 is 41.5 Å². The molecule has 0 rings (SSSR count). The van der Waals surface area contributed by atoms with Crippen LogP contribution in [-0.2, 0) is 23.9 Å². The maximum Gasteiger partial charge on any atom is 1.00 e. The van der Waals surface area contributed by atoms with E-state index in [-0.39, 0.29) is 41.9 Å². The maximum absolute atomic E-state index is 11.4. The predicted octanol–water partition coefficient (Wildman–Crippen LogP) is -3.88. The number of rotatable bonds is 7. The van der Waals surface area contributed by atoms with Crippen LogP contribution in [0.5, 0.6) is 0 Å². The van der Waals surface area contributed by atoms with Gasteiger partial charge < -0.3 is 24.7 Å². The largest absolute Gasteiger partial charge is 1.00 e. The van der Waals surface area contributed by atoms with E-state index in [1.54, 1.807) is 6.92 Å². The number of carboxylic acids is 1. The molecule has 0 amide bonds. The van der Waals surface area contributed by atoms with Crippen molar-refractivity contribution in [1.29, 1.82) is 0 Å². The Morgan fingerprint density at radius 2 is 1.85 bits per heavy atom. The molecule has 0 aliphatic carbocycles.